The van der Waals surface area contributed by atoms with Crippen molar-refractivity contribution in [3.8, 4) is 5.75 Å². The van der Waals surface area contributed by atoms with Gasteiger partial charge in [0, 0.05) is 68.6 Å². The maximum absolute atomic E-state index is 12.9. The standard InChI is InChI=1S/C26H30Cl2N6O3/c1-26(2,3)21-13-22(33(4)32-21)31-25(36)30-16-6-5-7-18(12-16)37-17-8-10-34(11-9-17)24(35)23-19(27)14-29-15-20(23)28/h5-7,12-15,17H,8-11H2,1-4H3,(H2,30,31,36). The average Bonchev–Trinajstić information content (AvgIpc) is 3.20. The predicted molar refractivity (Wildman–Crippen MR) is 145 cm³/mol. The molecule has 0 atom stereocenters. The molecule has 2 aromatic heterocycles. The van der Waals surface area contributed by atoms with E-state index in [0.29, 0.717) is 43.2 Å². The van der Waals surface area contributed by atoms with Crippen molar-refractivity contribution in [1.29, 1.82) is 0 Å². The zero-order valence-electron chi connectivity index (χ0n) is 21.2. The molecule has 0 unspecified atom stereocenters. The van der Waals surface area contributed by atoms with Crippen LogP contribution in [0.25, 0.3) is 0 Å². The van der Waals surface area contributed by atoms with Crippen molar-refractivity contribution in [2.24, 2.45) is 7.05 Å². The Hall–Kier alpha value is -3.30. The number of carbonyl (C=O) groups is 2. The van der Waals surface area contributed by atoms with E-state index in [9.17, 15) is 9.59 Å². The Kier molecular flexibility index (Phi) is 7.94. The first-order chi connectivity index (χ1) is 17.5. The van der Waals surface area contributed by atoms with Crippen LogP contribution in [-0.4, -0.2) is 50.8 Å². The summed E-state index contributed by atoms with van der Waals surface area (Å²) in [4.78, 5) is 31.1. The SMILES string of the molecule is Cn1nc(C(C)(C)C)cc1NC(=O)Nc1cccc(OC2CCN(C(=O)c3c(Cl)cncc3Cl)CC2)c1. The second kappa shape index (κ2) is 11.0. The molecule has 1 aliphatic rings. The van der Waals surface area contributed by atoms with Gasteiger partial charge in [0.1, 0.15) is 17.7 Å². The molecular weight excluding hydrogens is 515 g/mol. The second-order valence-corrected chi connectivity index (χ2v) is 10.8. The minimum Gasteiger partial charge on any atom is -0.490 e. The van der Waals surface area contributed by atoms with E-state index in [1.54, 1.807) is 28.8 Å². The Morgan fingerprint density at radius 2 is 1.73 bits per heavy atom. The molecule has 3 aromatic rings. The number of aryl methyl sites for hydroxylation is 1. The molecule has 0 bridgehead atoms. The van der Waals surface area contributed by atoms with Gasteiger partial charge in [-0.3, -0.25) is 19.8 Å². The lowest BCUT2D eigenvalue weighted by molar-refractivity contribution is 0.0596. The summed E-state index contributed by atoms with van der Waals surface area (Å²) in [6.07, 6.45) is 4.07. The molecule has 0 spiro atoms. The van der Waals surface area contributed by atoms with Gasteiger partial charge < -0.3 is 15.0 Å². The van der Waals surface area contributed by atoms with Crippen LogP contribution in [0, 0.1) is 0 Å². The number of piperidine rings is 1. The summed E-state index contributed by atoms with van der Waals surface area (Å²) in [6.45, 7) is 7.23. The molecule has 0 aliphatic carbocycles. The van der Waals surface area contributed by atoms with Crippen LogP contribution in [0.15, 0.2) is 42.7 Å². The van der Waals surface area contributed by atoms with E-state index in [-0.39, 0.29) is 39.1 Å². The topological polar surface area (TPSA) is 101 Å². The number of benzene rings is 1. The zero-order chi connectivity index (χ0) is 26.7. The van der Waals surface area contributed by atoms with E-state index in [1.165, 1.54) is 12.4 Å². The first-order valence-corrected chi connectivity index (χ1v) is 12.7. The van der Waals surface area contributed by atoms with Gasteiger partial charge in [-0.05, 0) is 12.1 Å². The minimum absolute atomic E-state index is 0.0678. The fourth-order valence-corrected chi connectivity index (χ4v) is 4.55. The number of amides is 3. The van der Waals surface area contributed by atoms with E-state index < -0.39 is 0 Å². The van der Waals surface area contributed by atoms with Crippen molar-refractivity contribution in [2.75, 3.05) is 23.7 Å². The van der Waals surface area contributed by atoms with E-state index >= 15 is 0 Å². The number of nitrogens with zero attached hydrogens (tertiary/aromatic N) is 4. The highest BCUT2D eigenvalue weighted by Crippen LogP contribution is 2.28. The van der Waals surface area contributed by atoms with Crippen LogP contribution in [-0.2, 0) is 12.5 Å². The maximum Gasteiger partial charge on any atom is 0.324 e. The van der Waals surface area contributed by atoms with E-state index in [0.717, 1.165) is 5.69 Å². The number of urea groups is 1. The molecule has 3 amide bonds. The number of likely N-dealkylation sites (tertiary alicyclic amines) is 1. The molecule has 1 saturated heterocycles. The molecule has 1 aromatic carbocycles. The Morgan fingerprint density at radius 3 is 2.35 bits per heavy atom. The number of rotatable bonds is 5. The summed E-state index contributed by atoms with van der Waals surface area (Å²) in [7, 11) is 1.79. The van der Waals surface area contributed by atoms with Crippen molar-refractivity contribution in [2.45, 2.75) is 45.1 Å². The van der Waals surface area contributed by atoms with Crippen LogP contribution in [0.3, 0.4) is 0 Å². The summed E-state index contributed by atoms with van der Waals surface area (Å²) >= 11 is 12.3. The molecule has 37 heavy (non-hydrogen) atoms. The number of hydrogen-bond acceptors (Lipinski definition) is 5. The lowest BCUT2D eigenvalue weighted by Gasteiger charge is -2.32. The molecule has 1 fully saturated rings. The number of pyridine rings is 1. The third-order valence-corrected chi connectivity index (χ3v) is 6.65. The Morgan fingerprint density at radius 1 is 1.05 bits per heavy atom. The van der Waals surface area contributed by atoms with Gasteiger partial charge in [0.05, 0.1) is 21.3 Å². The highest BCUT2D eigenvalue weighted by Gasteiger charge is 2.27. The maximum atomic E-state index is 12.9. The normalized spacial score (nSPS) is 14.4. The van der Waals surface area contributed by atoms with Crippen molar-refractivity contribution in [3.05, 3.63) is 64.0 Å². The smallest absolute Gasteiger partial charge is 0.324 e. The van der Waals surface area contributed by atoms with Crippen LogP contribution in [0.5, 0.6) is 5.75 Å². The highest BCUT2D eigenvalue weighted by molar-refractivity contribution is 6.39. The second-order valence-electron chi connectivity index (χ2n) is 9.98. The Balaban J connectivity index is 1.31. The van der Waals surface area contributed by atoms with Crippen LogP contribution in [0.1, 0.15) is 49.7 Å². The summed E-state index contributed by atoms with van der Waals surface area (Å²) < 4.78 is 7.80. The van der Waals surface area contributed by atoms with Crippen LogP contribution >= 0.6 is 23.2 Å². The molecular formula is C26H30Cl2N6O3. The lowest BCUT2D eigenvalue weighted by atomic mass is 9.92. The summed E-state index contributed by atoms with van der Waals surface area (Å²) in [6, 6.07) is 8.72. The number of nitrogens with one attached hydrogen (secondary N) is 2. The third kappa shape index (κ3) is 6.53. The van der Waals surface area contributed by atoms with Gasteiger partial charge in [-0.15, -0.1) is 0 Å². The molecule has 1 aliphatic heterocycles. The molecule has 3 heterocycles. The van der Waals surface area contributed by atoms with E-state index in [1.807, 2.05) is 18.2 Å². The summed E-state index contributed by atoms with van der Waals surface area (Å²) in [5.41, 5.74) is 1.64. The number of carbonyl (C=O) groups excluding carboxylic acids is 2. The van der Waals surface area contributed by atoms with E-state index in [2.05, 4.69) is 41.5 Å². The summed E-state index contributed by atoms with van der Waals surface area (Å²) in [5, 5.41) is 10.6. The summed E-state index contributed by atoms with van der Waals surface area (Å²) in [5.74, 6) is 1.03. The molecule has 4 rings (SSSR count). The number of halogens is 2. The fraction of sp³-hybridized carbons (Fsp3) is 0.385. The first-order valence-electron chi connectivity index (χ1n) is 12.0. The van der Waals surface area contributed by atoms with Crippen molar-refractivity contribution in [3.63, 3.8) is 0 Å². The van der Waals surface area contributed by atoms with Crippen LogP contribution in [0.4, 0.5) is 16.3 Å². The first kappa shape index (κ1) is 26.8. The van der Waals surface area contributed by atoms with Crippen LogP contribution in [0.2, 0.25) is 10.0 Å². The number of anilines is 2. The quantitative estimate of drug-likeness (QED) is 0.426. The lowest BCUT2D eigenvalue weighted by Crippen LogP contribution is -2.42. The molecule has 2 N–H and O–H groups in total. The van der Waals surface area contributed by atoms with Gasteiger partial charge in [-0.2, -0.15) is 5.10 Å². The zero-order valence-corrected chi connectivity index (χ0v) is 22.7. The molecule has 9 nitrogen and oxygen atoms in total. The highest BCUT2D eigenvalue weighted by atomic mass is 35.5. The predicted octanol–water partition coefficient (Wildman–Crippen LogP) is 5.75. The van der Waals surface area contributed by atoms with Gasteiger partial charge in [0.15, 0.2) is 0 Å². The van der Waals surface area contributed by atoms with Crippen molar-refractivity contribution < 1.29 is 14.3 Å². The largest absolute Gasteiger partial charge is 0.490 e. The van der Waals surface area contributed by atoms with Gasteiger partial charge in [0.2, 0.25) is 0 Å². The van der Waals surface area contributed by atoms with E-state index in [4.69, 9.17) is 27.9 Å². The Bertz CT molecular complexity index is 1280. The molecule has 0 saturated carbocycles. The molecule has 0 radical (unpaired) electrons. The number of ether oxygens (including phenoxy) is 1. The van der Waals surface area contributed by atoms with Gasteiger partial charge in [-0.1, -0.05) is 50.0 Å². The number of hydrogen-bond donors (Lipinski definition) is 2. The van der Waals surface area contributed by atoms with Crippen LogP contribution < -0.4 is 15.4 Å². The molecule has 196 valence electrons. The molecule has 11 heteroatoms. The monoisotopic (exact) mass is 544 g/mol. The van der Waals surface area contributed by atoms with Crippen molar-refractivity contribution in [1.82, 2.24) is 19.7 Å². The van der Waals surface area contributed by atoms with Crippen molar-refractivity contribution >= 4 is 46.6 Å². The third-order valence-electron chi connectivity index (χ3n) is 6.08. The number of aromatic nitrogens is 3. The minimum atomic E-state index is -0.374. The van der Waals surface area contributed by atoms with Gasteiger partial charge >= 0.3 is 6.03 Å². The Labute approximate surface area is 226 Å². The fourth-order valence-electron chi connectivity index (χ4n) is 4.02. The average molecular weight is 545 g/mol. The van der Waals surface area contributed by atoms with Gasteiger partial charge in [-0.25, -0.2) is 4.79 Å². The van der Waals surface area contributed by atoms with Gasteiger partial charge in [0.25, 0.3) is 5.91 Å².